The maximum Gasteiger partial charge on any atom is 0.204 e. The van der Waals surface area contributed by atoms with Gasteiger partial charge >= 0.3 is 0 Å². The lowest BCUT2D eigenvalue weighted by molar-refractivity contribution is 0.623. The summed E-state index contributed by atoms with van der Waals surface area (Å²) in [6.45, 7) is 0. The van der Waals surface area contributed by atoms with E-state index in [1.54, 1.807) is 0 Å². The van der Waals surface area contributed by atoms with Gasteiger partial charge in [-0.3, -0.25) is 9.31 Å². The van der Waals surface area contributed by atoms with Crippen LogP contribution >= 0.6 is 23.6 Å². The topological polar surface area (TPSA) is 57.8 Å². The number of rotatable bonds is 2. The first-order valence-electron chi connectivity index (χ1n) is 4.41. The fraction of sp³-hybridized carbons (Fsp3) is 0.714. The van der Waals surface area contributed by atoms with Crippen LogP contribution in [0.4, 0.5) is 5.13 Å². The van der Waals surface area contributed by atoms with Crippen LogP contribution in [0.1, 0.15) is 12.8 Å². The molecular formula is C7H11N3OS3. The molecule has 78 valence electrons. The number of nitrogens with one attached hydrogen (secondary N) is 2. The summed E-state index contributed by atoms with van der Waals surface area (Å²) in [5, 5.41) is 10.9. The lowest BCUT2D eigenvalue weighted by Gasteiger charge is -2.21. The van der Waals surface area contributed by atoms with Crippen molar-refractivity contribution >= 4 is 39.5 Å². The van der Waals surface area contributed by atoms with Crippen LogP contribution in [0.3, 0.4) is 0 Å². The summed E-state index contributed by atoms with van der Waals surface area (Å²) < 4.78 is 11.8. The normalized spacial score (nSPS) is 27.4. The van der Waals surface area contributed by atoms with Gasteiger partial charge in [-0.15, -0.1) is 5.10 Å². The Labute approximate surface area is 93.6 Å². The first-order valence-corrected chi connectivity index (χ1v) is 7.12. The molecule has 2 heterocycles. The first-order chi connectivity index (χ1) is 6.74. The van der Waals surface area contributed by atoms with Crippen LogP contribution in [0, 0.1) is 3.95 Å². The largest absolute Gasteiger partial charge is 0.357 e. The minimum absolute atomic E-state index is 0.404. The number of hydrogen-bond acceptors (Lipinski definition) is 5. The number of hydrogen-bond donors (Lipinski definition) is 2. The number of nitrogens with zero attached hydrogens (tertiary/aromatic N) is 1. The monoisotopic (exact) mass is 249 g/mol. The maximum atomic E-state index is 11.1. The highest BCUT2D eigenvalue weighted by Gasteiger charge is 2.18. The molecule has 0 unspecified atom stereocenters. The highest BCUT2D eigenvalue weighted by Crippen LogP contribution is 2.17. The number of anilines is 1. The van der Waals surface area contributed by atoms with Crippen molar-refractivity contribution in [2.45, 2.75) is 18.9 Å². The van der Waals surface area contributed by atoms with Gasteiger partial charge in [0, 0.05) is 28.3 Å². The van der Waals surface area contributed by atoms with Crippen LogP contribution < -0.4 is 5.32 Å². The van der Waals surface area contributed by atoms with Crippen molar-refractivity contribution in [1.82, 2.24) is 10.2 Å². The third-order valence-electron chi connectivity index (χ3n) is 2.15. The van der Waals surface area contributed by atoms with E-state index in [1.807, 2.05) is 0 Å². The van der Waals surface area contributed by atoms with Crippen molar-refractivity contribution in [3.8, 4) is 0 Å². The van der Waals surface area contributed by atoms with Crippen LogP contribution in [0.25, 0.3) is 0 Å². The van der Waals surface area contributed by atoms with Crippen molar-refractivity contribution in [2.24, 2.45) is 0 Å². The van der Waals surface area contributed by atoms with E-state index >= 15 is 0 Å². The molecule has 1 saturated heterocycles. The Morgan fingerprint density at radius 3 is 2.86 bits per heavy atom. The minimum Gasteiger partial charge on any atom is -0.357 e. The molecule has 1 aliphatic heterocycles. The van der Waals surface area contributed by atoms with Gasteiger partial charge in [-0.1, -0.05) is 11.3 Å². The van der Waals surface area contributed by atoms with Crippen LogP contribution in [0.5, 0.6) is 0 Å². The van der Waals surface area contributed by atoms with Crippen molar-refractivity contribution in [3.05, 3.63) is 3.95 Å². The molecule has 0 saturated carbocycles. The van der Waals surface area contributed by atoms with Gasteiger partial charge < -0.3 is 5.32 Å². The average molecular weight is 249 g/mol. The molecule has 2 N–H and O–H groups in total. The maximum absolute atomic E-state index is 11.1. The molecule has 0 spiro atoms. The molecule has 7 heteroatoms. The number of aromatic nitrogens is 2. The van der Waals surface area contributed by atoms with Gasteiger partial charge in [-0.05, 0) is 25.1 Å². The molecule has 1 fully saturated rings. The van der Waals surface area contributed by atoms with E-state index in [0.717, 1.165) is 29.5 Å². The van der Waals surface area contributed by atoms with Gasteiger partial charge in [0.25, 0.3) is 0 Å². The van der Waals surface area contributed by atoms with Gasteiger partial charge in [0.2, 0.25) is 5.13 Å². The van der Waals surface area contributed by atoms with Crippen LogP contribution in [0.15, 0.2) is 0 Å². The molecule has 0 aliphatic carbocycles. The van der Waals surface area contributed by atoms with E-state index in [1.165, 1.54) is 11.3 Å². The quantitative estimate of drug-likeness (QED) is 0.780. The lowest BCUT2D eigenvalue weighted by Crippen LogP contribution is -2.29. The molecule has 2 rings (SSSR count). The SMILES string of the molecule is O=S1CCC(Nc2n[nH]c(=S)s2)CC1. The van der Waals surface area contributed by atoms with E-state index < -0.39 is 10.8 Å². The standard InChI is InChI=1S/C7H11N3OS3/c11-14-3-1-5(2-4-14)8-6-9-10-7(12)13-6/h5H,1-4H2,(H,8,9)(H,10,12). The van der Waals surface area contributed by atoms with Crippen molar-refractivity contribution in [3.63, 3.8) is 0 Å². The zero-order valence-corrected chi connectivity index (χ0v) is 9.94. The molecule has 4 nitrogen and oxygen atoms in total. The van der Waals surface area contributed by atoms with Crippen LogP contribution in [0.2, 0.25) is 0 Å². The summed E-state index contributed by atoms with van der Waals surface area (Å²) in [7, 11) is -0.599. The fourth-order valence-electron chi connectivity index (χ4n) is 1.40. The zero-order valence-electron chi connectivity index (χ0n) is 7.49. The molecular weight excluding hydrogens is 238 g/mol. The highest BCUT2D eigenvalue weighted by atomic mass is 32.2. The molecule has 14 heavy (non-hydrogen) atoms. The first kappa shape index (κ1) is 10.3. The molecule has 1 aromatic heterocycles. The summed E-state index contributed by atoms with van der Waals surface area (Å²) in [4.78, 5) is 0. The Balaban J connectivity index is 1.92. The third kappa shape index (κ3) is 2.61. The second-order valence-corrected chi connectivity index (χ2v) is 6.55. The van der Waals surface area contributed by atoms with Crippen molar-refractivity contribution < 1.29 is 4.21 Å². The highest BCUT2D eigenvalue weighted by molar-refractivity contribution is 7.85. The Hall–Kier alpha value is -0.270. The Bertz CT molecular complexity index is 376. The molecule has 1 aromatic rings. The number of H-pyrrole nitrogens is 1. The Kier molecular flexibility index (Phi) is 3.30. The summed E-state index contributed by atoms with van der Waals surface area (Å²) in [6.07, 6.45) is 1.91. The summed E-state index contributed by atoms with van der Waals surface area (Å²) in [6, 6.07) is 0.404. The summed E-state index contributed by atoms with van der Waals surface area (Å²) in [5.41, 5.74) is 0. The van der Waals surface area contributed by atoms with Gasteiger partial charge in [0.15, 0.2) is 3.95 Å². The van der Waals surface area contributed by atoms with Crippen molar-refractivity contribution in [1.29, 1.82) is 0 Å². The Morgan fingerprint density at radius 1 is 1.57 bits per heavy atom. The third-order valence-corrected chi connectivity index (χ3v) is 4.56. The van der Waals surface area contributed by atoms with E-state index in [4.69, 9.17) is 12.2 Å². The molecule has 1 aliphatic rings. The van der Waals surface area contributed by atoms with Crippen LogP contribution in [-0.4, -0.2) is 32.0 Å². The van der Waals surface area contributed by atoms with Crippen LogP contribution in [-0.2, 0) is 10.8 Å². The summed E-state index contributed by atoms with van der Waals surface area (Å²) in [5.74, 6) is 1.60. The average Bonchev–Trinajstić information content (AvgIpc) is 2.56. The number of aromatic amines is 1. The predicted molar refractivity (Wildman–Crippen MR) is 61.8 cm³/mol. The lowest BCUT2D eigenvalue weighted by atomic mass is 10.2. The van der Waals surface area contributed by atoms with E-state index in [9.17, 15) is 4.21 Å². The predicted octanol–water partition coefficient (Wildman–Crippen LogP) is 1.52. The van der Waals surface area contributed by atoms with E-state index in [-0.39, 0.29) is 0 Å². The van der Waals surface area contributed by atoms with Gasteiger partial charge in [-0.2, -0.15) is 0 Å². The summed E-state index contributed by atoms with van der Waals surface area (Å²) >= 11 is 6.37. The Morgan fingerprint density at radius 2 is 2.29 bits per heavy atom. The molecule has 0 aromatic carbocycles. The molecule has 0 bridgehead atoms. The second-order valence-electron chi connectivity index (χ2n) is 3.18. The molecule has 0 radical (unpaired) electrons. The molecule has 0 amide bonds. The van der Waals surface area contributed by atoms with E-state index in [0.29, 0.717) is 10.00 Å². The smallest absolute Gasteiger partial charge is 0.204 e. The second kappa shape index (κ2) is 4.50. The van der Waals surface area contributed by atoms with Gasteiger partial charge in [0.05, 0.1) is 0 Å². The molecule has 0 atom stereocenters. The minimum atomic E-state index is -0.599. The van der Waals surface area contributed by atoms with Crippen molar-refractivity contribution in [2.75, 3.05) is 16.8 Å². The van der Waals surface area contributed by atoms with E-state index in [2.05, 4.69) is 15.5 Å². The fourth-order valence-corrected chi connectivity index (χ4v) is 3.57. The van der Waals surface area contributed by atoms with Gasteiger partial charge in [0.1, 0.15) is 0 Å². The van der Waals surface area contributed by atoms with Gasteiger partial charge in [-0.25, -0.2) is 0 Å². The zero-order chi connectivity index (χ0) is 9.97.